The summed E-state index contributed by atoms with van der Waals surface area (Å²) in [5.74, 6) is -0.482. The maximum atomic E-state index is 12.9. The van der Waals surface area contributed by atoms with Gasteiger partial charge in [-0.1, -0.05) is 36.4 Å². The van der Waals surface area contributed by atoms with Crippen molar-refractivity contribution in [2.24, 2.45) is 0 Å². The fraction of sp³-hybridized carbons (Fsp3) is 0.0526. The van der Waals surface area contributed by atoms with Crippen LogP contribution in [0.15, 0.2) is 53.3 Å². The zero-order valence-electron chi connectivity index (χ0n) is 12.9. The van der Waals surface area contributed by atoms with E-state index in [1.54, 1.807) is 30.3 Å². The highest BCUT2D eigenvalue weighted by molar-refractivity contribution is 7.07. The number of Topliss-reactive ketones (excluding diaryl/α,β-unsaturated/α-hetero) is 1. The number of carbonyl (C=O) groups is 1. The van der Waals surface area contributed by atoms with Crippen molar-refractivity contribution in [2.75, 3.05) is 0 Å². The Morgan fingerprint density at radius 3 is 2.54 bits per heavy atom. The lowest BCUT2D eigenvalue weighted by Crippen LogP contribution is -2.20. The number of nitrogens with one attached hydrogen (secondary N) is 1. The predicted molar refractivity (Wildman–Crippen MR) is 94.1 cm³/mol. The van der Waals surface area contributed by atoms with Gasteiger partial charge in [-0.2, -0.15) is 0 Å². The van der Waals surface area contributed by atoms with Crippen molar-refractivity contribution in [3.8, 4) is 0 Å². The van der Waals surface area contributed by atoms with E-state index in [4.69, 9.17) is 0 Å². The lowest BCUT2D eigenvalue weighted by atomic mass is 10.1. The lowest BCUT2D eigenvalue weighted by Gasteiger charge is -1.99. The van der Waals surface area contributed by atoms with Gasteiger partial charge in [-0.25, -0.2) is 4.39 Å². The number of carbonyl (C=O) groups excluding carboxylic acids is 1. The molecule has 1 heterocycles. The monoisotopic (exact) mass is 339 g/mol. The van der Waals surface area contributed by atoms with Crippen molar-refractivity contribution in [3.63, 3.8) is 0 Å². The van der Waals surface area contributed by atoms with Crippen LogP contribution in [-0.2, 0) is 0 Å². The minimum absolute atomic E-state index is 0.154. The minimum Gasteiger partial charge on any atom is -0.313 e. The van der Waals surface area contributed by atoms with Gasteiger partial charge >= 0.3 is 0 Å². The Morgan fingerprint density at radius 2 is 1.83 bits per heavy atom. The average Bonchev–Trinajstić information content (AvgIpc) is 2.89. The van der Waals surface area contributed by atoms with Crippen LogP contribution in [0.1, 0.15) is 21.5 Å². The van der Waals surface area contributed by atoms with Gasteiger partial charge in [0.05, 0.1) is 9.20 Å². The first kappa shape index (κ1) is 16.1. The van der Waals surface area contributed by atoms with Crippen LogP contribution in [0.25, 0.3) is 12.2 Å². The minimum atomic E-state index is -0.329. The third-order valence-electron chi connectivity index (χ3n) is 3.52. The molecular formula is C19H14FNO2S. The molecule has 0 radical (unpaired) electrons. The first-order valence-electron chi connectivity index (χ1n) is 7.31. The van der Waals surface area contributed by atoms with Gasteiger partial charge in [0, 0.05) is 11.6 Å². The second kappa shape index (κ2) is 6.76. The molecule has 3 aromatic rings. The Kier molecular flexibility index (Phi) is 4.53. The third kappa shape index (κ3) is 3.58. The van der Waals surface area contributed by atoms with Crippen molar-refractivity contribution in [2.45, 2.75) is 6.92 Å². The van der Waals surface area contributed by atoms with E-state index in [2.05, 4.69) is 4.98 Å². The molecule has 0 aliphatic rings. The summed E-state index contributed by atoms with van der Waals surface area (Å²) in [7, 11) is 0. The molecule has 5 heteroatoms. The van der Waals surface area contributed by atoms with E-state index in [1.165, 1.54) is 29.5 Å². The van der Waals surface area contributed by atoms with Gasteiger partial charge in [0.2, 0.25) is 0 Å². The van der Waals surface area contributed by atoms with Crippen LogP contribution in [0.3, 0.4) is 0 Å². The maximum Gasteiger partial charge on any atom is 0.266 e. The number of halogens is 1. The summed E-state index contributed by atoms with van der Waals surface area (Å²) >= 11 is 1.19. The number of hydrogen-bond acceptors (Lipinski definition) is 3. The number of hydrogen-bond donors (Lipinski definition) is 1. The molecule has 1 N–H and O–H groups in total. The number of H-pyrrole nitrogens is 1. The molecule has 3 nitrogen and oxygen atoms in total. The maximum absolute atomic E-state index is 12.9. The molecule has 0 bridgehead atoms. The molecule has 120 valence electrons. The summed E-state index contributed by atoms with van der Waals surface area (Å²) in [5, 5.41) is 0. The van der Waals surface area contributed by atoms with E-state index in [-0.39, 0.29) is 17.2 Å². The summed E-state index contributed by atoms with van der Waals surface area (Å²) in [5.41, 5.74) is 1.94. The predicted octanol–water partition coefficient (Wildman–Crippen LogP) is 2.38. The Balaban J connectivity index is 2.00. The number of aromatic nitrogens is 1. The van der Waals surface area contributed by atoms with Gasteiger partial charge in [-0.15, -0.1) is 11.3 Å². The highest BCUT2D eigenvalue weighted by Crippen LogP contribution is 2.08. The summed E-state index contributed by atoms with van der Waals surface area (Å²) in [6.45, 7) is 1.87. The molecule has 24 heavy (non-hydrogen) atoms. The average molecular weight is 339 g/mol. The zero-order chi connectivity index (χ0) is 17.1. The second-order valence-electron chi connectivity index (χ2n) is 5.30. The molecule has 0 saturated heterocycles. The van der Waals surface area contributed by atoms with Crippen molar-refractivity contribution in [1.29, 1.82) is 0 Å². The Morgan fingerprint density at radius 1 is 1.12 bits per heavy atom. The fourth-order valence-corrected chi connectivity index (χ4v) is 3.17. The highest BCUT2D eigenvalue weighted by Gasteiger charge is 2.05. The topological polar surface area (TPSA) is 49.9 Å². The standard InChI is InChI=1S/C19H14FNO2S/c1-12-4-2-3-5-15(12)16(22)11-18-21-19(23)17(24-18)10-13-6-8-14(20)9-7-13/h2-11H,1H3,(H,21,23)/b17-10+,18-11+. The molecule has 0 atom stereocenters. The smallest absolute Gasteiger partial charge is 0.266 e. The molecule has 1 aromatic heterocycles. The number of rotatable bonds is 3. The molecule has 0 aliphatic carbocycles. The SMILES string of the molecule is Cc1ccccc1C(=O)/C=c1\[nH]c(=O)/c(=C\c2ccc(F)cc2)s1. The molecule has 0 unspecified atom stereocenters. The van der Waals surface area contributed by atoms with Crippen LogP contribution in [-0.4, -0.2) is 10.8 Å². The van der Waals surface area contributed by atoms with Crippen molar-refractivity contribution >= 4 is 29.3 Å². The Bertz CT molecular complexity index is 1060. The van der Waals surface area contributed by atoms with Crippen molar-refractivity contribution in [3.05, 3.63) is 90.6 Å². The Hall–Kier alpha value is -2.79. The molecular weight excluding hydrogens is 325 g/mol. The van der Waals surface area contributed by atoms with Gasteiger partial charge in [-0.05, 0) is 36.3 Å². The number of aromatic amines is 1. The number of thiazole rings is 1. The summed E-state index contributed by atoms with van der Waals surface area (Å²) in [4.78, 5) is 27.0. The zero-order valence-corrected chi connectivity index (χ0v) is 13.7. The van der Waals surface area contributed by atoms with Crippen LogP contribution in [0.2, 0.25) is 0 Å². The summed E-state index contributed by atoms with van der Waals surface area (Å²) in [6, 6.07) is 13.2. The van der Waals surface area contributed by atoms with Gasteiger partial charge in [0.1, 0.15) is 5.82 Å². The molecule has 3 rings (SSSR count). The molecule has 0 fully saturated rings. The lowest BCUT2D eigenvalue weighted by molar-refractivity contribution is 0.106. The third-order valence-corrected chi connectivity index (χ3v) is 4.48. The summed E-state index contributed by atoms with van der Waals surface area (Å²) in [6.07, 6.45) is 3.09. The molecule has 0 saturated carbocycles. The van der Waals surface area contributed by atoms with Gasteiger partial charge in [0.15, 0.2) is 5.78 Å². The quantitative estimate of drug-likeness (QED) is 0.745. The first-order chi connectivity index (χ1) is 11.5. The van der Waals surface area contributed by atoms with E-state index in [9.17, 15) is 14.0 Å². The van der Waals surface area contributed by atoms with E-state index < -0.39 is 0 Å². The number of ketones is 1. The van der Waals surface area contributed by atoms with Crippen LogP contribution in [0, 0.1) is 12.7 Å². The van der Waals surface area contributed by atoms with E-state index >= 15 is 0 Å². The normalized spacial score (nSPS) is 12.6. The van der Waals surface area contributed by atoms with Crippen LogP contribution >= 0.6 is 11.3 Å². The largest absolute Gasteiger partial charge is 0.313 e. The second-order valence-corrected chi connectivity index (χ2v) is 6.39. The van der Waals surface area contributed by atoms with Crippen molar-refractivity contribution in [1.82, 2.24) is 4.98 Å². The molecule has 2 aromatic carbocycles. The molecule has 0 amide bonds. The van der Waals surface area contributed by atoms with Crippen LogP contribution in [0.4, 0.5) is 4.39 Å². The molecule has 0 spiro atoms. The van der Waals surface area contributed by atoms with E-state index in [0.29, 0.717) is 14.8 Å². The van der Waals surface area contributed by atoms with E-state index in [1.807, 2.05) is 19.1 Å². The molecule has 0 aliphatic heterocycles. The highest BCUT2D eigenvalue weighted by atomic mass is 32.1. The van der Waals surface area contributed by atoms with Gasteiger partial charge < -0.3 is 4.98 Å². The first-order valence-corrected chi connectivity index (χ1v) is 8.13. The van der Waals surface area contributed by atoms with Crippen LogP contribution in [0.5, 0.6) is 0 Å². The summed E-state index contributed by atoms with van der Waals surface area (Å²) < 4.78 is 13.9. The van der Waals surface area contributed by atoms with Gasteiger partial charge in [0.25, 0.3) is 5.56 Å². The van der Waals surface area contributed by atoms with E-state index in [0.717, 1.165) is 11.1 Å². The Labute approximate surface area is 141 Å². The van der Waals surface area contributed by atoms with Crippen LogP contribution < -0.4 is 14.8 Å². The fourth-order valence-electron chi connectivity index (χ4n) is 2.28. The van der Waals surface area contributed by atoms with Gasteiger partial charge in [-0.3, -0.25) is 9.59 Å². The number of aryl methyl sites for hydroxylation is 1. The van der Waals surface area contributed by atoms with Crippen molar-refractivity contribution < 1.29 is 9.18 Å². The number of benzene rings is 2.